The van der Waals surface area contributed by atoms with Crippen LogP contribution in [0.1, 0.15) is 38.1 Å². The Balaban J connectivity index is 1.93. The second-order valence-electron chi connectivity index (χ2n) is 5.25. The third-order valence-electron chi connectivity index (χ3n) is 3.83. The molecule has 1 fully saturated rings. The molecule has 1 aromatic heterocycles. The summed E-state index contributed by atoms with van der Waals surface area (Å²) in [5.41, 5.74) is 2.38. The van der Waals surface area contributed by atoms with Crippen LogP contribution in [-0.4, -0.2) is 33.6 Å². The summed E-state index contributed by atoms with van der Waals surface area (Å²) in [6.07, 6.45) is 2.02. The molecule has 0 amide bonds. The fourth-order valence-corrected chi connectivity index (χ4v) is 2.73. The van der Waals surface area contributed by atoms with Gasteiger partial charge in [0, 0.05) is 19.0 Å². The second kappa shape index (κ2) is 5.65. The van der Waals surface area contributed by atoms with Gasteiger partial charge in [0.15, 0.2) is 0 Å². The summed E-state index contributed by atoms with van der Waals surface area (Å²) in [5.74, 6) is 0.642. The number of rotatable bonds is 4. The van der Waals surface area contributed by atoms with Crippen molar-refractivity contribution in [2.75, 3.05) is 13.1 Å². The number of ketones is 1. The van der Waals surface area contributed by atoms with Crippen LogP contribution in [0.25, 0.3) is 0 Å². The molecule has 1 aliphatic heterocycles. The van der Waals surface area contributed by atoms with Crippen LogP contribution in [0.3, 0.4) is 0 Å². The van der Waals surface area contributed by atoms with Gasteiger partial charge in [-0.2, -0.15) is 5.10 Å². The van der Waals surface area contributed by atoms with Gasteiger partial charge in [-0.1, -0.05) is 0 Å². The summed E-state index contributed by atoms with van der Waals surface area (Å²) in [5, 5.41) is 4.47. The highest BCUT2D eigenvalue weighted by Crippen LogP contribution is 2.19. The van der Waals surface area contributed by atoms with Crippen molar-refractivity contribution in [3.8, 4) is 0 Å². The molecule has 0 N–H and O–H groups in total. The monoisotopic (exact) mass is 249 g/mol. The maximum atomic E-state index is 11.3. The van der Waals surface area contributed by atoms with Crippen LogP contribution in [0.15, 0.2) is 6.07 Å². The number of likely N-dealkylation sites (tertiary alicyclic amines) is 1. The maximum absolute atomic E-state index is 11.3. The molecular weight excluding hydrogens is 226 g/mol. The molecule has 0 spiro atoms. The van der Waals surface area contributed by atoms with Crippen LogP contribution in [0.5, 0.6) is 0 Å². The molecule has 4 heteroatoms. The van der Waals surface area contributed by atoms with Crippen molar-refractivity contribution in [1.29, 1.82) is 0 Å². The van der Waals surface area contributed by atoms with Crippen molar-refractivity contribution in [3.05, 3.63) is 17.5 Å². The van der Waals surface area contributed by atoms with E-state index in [1.54, 1.807) is 6.92 Å². The van der Waals surface area contributed by atoms with Gasteiger partial charge in [0.25, 0.3) is 0 Å². The minimum Gasteiger partial charge on any atom is -0.300 e. The van der Waals surface area contributed by atoms with E-state index in [9.17, 15) is 4.79 Å². The Labute approximate surface area is 109 Å². The molecule has 0 aliphatic carbocycles. The third kappa shape index (κ3) is 2.99. The zero-order chi connectivity index (χ0) is 13.1. The van der Waals surface area contributed by atoms with E-state index >= 15 is 0 Å². The molecule has 0 bridgehead atoms. The molecule has 1 aromatic rings. The van der Waals surface area contributed by atoms with Crippen LogP contribution in [0, 0.1) is 12.8 Å². The van der Waals surface area contributed by atoms with Crippen LogP contribution in [0.2, 0.25) is 0 Å². The number of nitrogens with zero attached hydrogens (tertiary/aromatic N) is 3. The Bertz CT molecular complexity index is 417. The van der Waals surface area contributed by atoms with E-state index in [2.05, 4.69) is 27.7 Å². The Morgan fingerprint density at radius 3 is 2.67 bits per heavy atom. The lowest BCUT2D eigenvalue weighted by Gasteiger charge is -2.30. The summed E-state index contributed by atoms with van der Waals surface area (Å²) < 4.78 is 2.08. The molecule has 0 unspecified atom stereocenters. The summed E-state index contributed by atoms with van der Waals surface area (Å²) in [7, 11) is 0. The molecule has 2 rings (SSSR count). The van der Waals surface area contributed by atoms with E-state index in [-0.39, 0.29) is 0 Å². The molecule has 0 saturated carbocycles. The number of Topliss-reactive ketones (excluding diaryl/α,β-unsaturated/α-hetero) is 1. The number of hydrogen-bond acceptors (Lipinski definition) is 3. The first-order valence-electron chi connectivity index (χ1n) is 6.86. The second-order valence-corrected chi connectivity index (χ2v) is 5.25. The maximum Gasteiger partial charge on any atom is 0.133 e. The molecule has 0 atom stereocenters. The number of hydrogen-bond donors (Lipinski definition) is 0. The van der Waals surface area contributed by atoms with Crippen LogP contribution in [-0.2, 0) is 17.9 Å². The van der Waals surface area contributed by atoms with Crippen molar-refractivity contribution >= 4 is 5.78 Å². The molecule has 4 nitrogen and oxygen atoms in total. The largest absolute Gasteiger partial charge is 0.300 e. The van der Waals surface area contributed by atoms with E-state index < -0.39 is 0 Å². The van der Waals surface area contributed by atoms with Crippen LogP contribution < -0.4 is 0 Å². The van der Waals surface area contributed by atoms with Gasteiger partial charge in [0.1, 0.15) is 5.78 Å². The highest BCUT2D eigenvalue weighted by atomic mass is 16.1. The normalized spacial score (nSPS) is 18.2. The summed E-state index contributed by atoms with van der Waals surface area (Å²) >= 11 is 0. The molecule has 2 heterocycles. The zero-order valence-corrected chi connectivity index (χ0v) is 11.6. The van der Waals surface area contributed by atoms with Crippen molar-refractivity contribution in [3.63, 3.8) is 0 Å². The minimum absolute atomic E-state index is 0.291. The lowest BCUT2D eigenvalue weighted by Crippen LogP contribution is -2.35. The highest BCUT2D eigenvalue weighted by Gasteiger charge is 2.22. The highest BCUT2D eigenvalue weighted by molar-refractivity contribution is 5.78. The fourth-order valence-electron chi connectivity index (χ4n) is 2.73. The van der Waals surface area contributed by atoms with Crippen LogP contribution in [0.4, 0.5) is 0 Å². The van der Waals surface area contributed by atoms with Gasteiger partial charge >= 0.3 is 0 Å². The number of piperidine rings is 1. The Morgan fingerprint density at radius 2 is 2.11 bits per heavy atom. The topological polar surface area (TPSA) is 38.1 Å². The smallest absolute Gasteiger partial charge is 0.133 e. The van der Waals surface area contributed by atoms with Gasteiger partial charge in [0.2, 0.25) is 0 Å². The van der Waals surface area contributed by atoms with E-state index in [0.29, 0.717) is 11.7 Å². The van der Waals surface area contributed by atoms with Gasteiger partial charge in [-0.25, -0.2) is 0 Å². The van der Waals surface area contributed by atoms with Crippen molar-refractivity contribution < 1.29 is 4.79 Å². The Hall–Kier alpha value is -1.16. The third-order valence-corrected chi connectivity index (χ3v) is 3.83. The average molecular weight is 249 g/mol. The van der Waals surface area contributed by atoms with E-state index in [4.69, 9.17) is 0 Å². The van der Waals surface area contributed by atoms with Gasteiger partial charge in [-0.05, 0) is 52.8 Å². The van der Waals surface area contributed by atoms with Gasteiger partial charge in [-0.15, -0.1) is 0 Å². The zero-order valence-electron chi connectivity index (χ0n) is 11.6. The van der Waals surface area contributed by atoms with Crippen LogP contribution >= 0.6 is 0 Å². The summed E-state index contributed by atoms with van der Waals surface area (Å²) in [6.45, 7) is 9.81. The number of carbonyl (C=O) groups is 1. The van der Waals surface area contributed by atoms with Gasteiger partial charge < -0.3 is 0 Å². The number of carbonyl (C=O) groups excluding carboxylic acids is 1. The predicted molar refractivity (Wildman–Crippen MR) is 71.3 cm³/mol. The molecule has 1 aliphatic rings. The average Bonchev–Trinajstić information content (AvgIpc) is 2.70. The van der Waals surface area contributed by atoms with Gasteiger partial charge in [0.05, 0.1) is 11.4 Å². The first-order valence-corrected chi connectivity index (χ1v) is 6.86. The van der Waals surface area contributed by atoms with Crippen molar-refractivity contribution in [2.24, 2.45) is 5.92 Å². The standard InChI is InChI=1S/C14H23N3O/c1-4-17-14(9-11(2)15-17)10-16-7-5-13(6-8-16)12(3)18/h9,13H,4-8,10H2,1-3H3. The number of aromatic nitrogens is 2. The van der Waals surface area contributed by atoms with E-state index in [1.165, 1.54) is 5.69 Å². The molecule has 100 valence electrons. The van der Waals surface area contributed by atoms with Crippen molar-refractivity contribution in [2.45, 2.75) is 46.7 Å². The predicted octanol–water partition coefficient (Wildman–Crippen LogP) is 2.01. The van der Waals surface area contributed by atoms with E-state index in [0.717, 1.165) is 44.7 Å². The Morgan fingerprint density at radius 1 is 1.44 bits per heavy atom. The fraction of sp³-hybridized carbons (Fsp3) is 0.714. The SMILES string of the molecule is CCn1nc(C)cc1CN1CCC(C(C)=O)CC1. The molecule has 0 radical (unpaired) electrons. The van der Waals surface area contributed by atoms with E-state index in [1.807, 2.05) is 6.92 Å². The van der Waals surface area contributed by atoms with Gasteiger partial charge in [-0.3, -0.25) is 14.4 Å². The lowest BCUT2D eigenvalue weighted by atomic mass is 9.93. The molecular formula is C14H23N3O. The summed E-state index contributed by atoms with van der Waals surface area (Å²) in [4.78, 5) is 13.8. The first-order chi connectivity index (χ1) is 8.60. The number of aryl methyl sites for hydroxylation is 2. The quantitative estimate of drug-likeness (QED) is 0.819. The first kappa shape index (κ1) is 13.3. The minimum atomic E-state index is 0.291. The Kier molecular flexibility index (Phi) is 4.17. The van der Waals surface area contributed by atoms with Crippen molar-refractivity contribution in [1.82, 2.24) is 14.7 Å². The lowest BCUT2D eigenvalue weighted by molar-refractivity contribution is -0.122. The molecule has 0 aromatic carbocycles. The molecule has 1 saturated heterocycles. The molecule has 18 heavy (non-hydrogen) atoms. The summed E-state index contributed by atoms with van der Waals surface area (Å²) in [6, 6.07) is 2.17.